The second-order valence-electron chi connectivity index (χ2n) is 2.97. The van der Waals surface area contributed by atoms with Crippen molar-refractivity contribution < 1.29 is 18.1 Å². The SMILES string of the molecule is CS(=O)(=O)c1cc([N+](=O)[O-])ccc1NC=O. The van der Waals surface area contributed by atoms with Crippen LogP contribution in [0.5, 0.6) is 0 Å². The molecule has 1 aromatic rings. The Labute approximate surface area is 91.2 Å². The molecule has 0 saturated heterocycles. The average Bonchev–Trinajstić information content (AvgIpc) is 2.16. The highest BCUT2D eigenvalue weighted by Gasteiger charge is 2.17. The molecule has 86 valence electrons. The summed E-state index contributed by atoms with van der Waals surface area (Å²) in [7, 11) is -3.64. The summed E-state index contributed by atoms with van der Waals surface area (Å²) in [5.41, 5.74) is -0.333. The molecule has 16 heavy (non-hydrogen) atoms. The number of nitrogens with one attached hydrogen (secondary N) is 1. The van der Waals surface area contributed by atoms with E-state index >= 15 is 0 Å². The third-order valence-corrected chi connectivity index (χ3v) is 2.93. The van der Waals surface area contributed by atoms with Crippen LogP contribution in [0.3, 0.4) is 0 Å². The van der Waals surface area contributed by atoms with Crippen molar-refractivity contribution in [3.8, 4) is 0 Å². The van der Waals surface area contributed by atoms with Gasteiger partial charge in [0.05, 0.1) is 15.5 Å². The second-order valence-corrected chi connectivity index (χ2v) is 4.96. The minimum atomic E-state index is -3.64. The predicted molar refractivity (Wildman–Crippen MR) is 55.9 cm³/mol. The standard InChI is InChI=1S/C8H8N2O5S/c1-16(14,15)8-4-6(10(12)13)2-3-7(8)9-5-11/h2-5H,1H3,(H,9,11). The molecule has 0 radical (unpaired) electrons. The van der Waals surface area contributed by atoms with Crippen LogP contribution in [-0.2, 0) is 14.6 Å². The van der Waals surface area contributed by atoms with Gasteiger partial charge in [0, 0.05) is 18.4 Å². The van der Waals surface area contributed by atoms with Crippen molar-refractivity contribution >= 4 is 27.6 Å². The molecule has 1 N–H and O–H groups in total. The van der Waals surface area contributed by atoms with Crippen molar-refractivity contribution in [2.24, 2.45) is 0 Å². The molecule has 8 heteroatoms. The average molecular weight is 244 g/mol. The molecule has 0 aromatic heterocycles. The Balaban J connectivity index is 3.44. The number of sulfone groups is 1. The zero-order valence-electron chi connectivity index (χ0n) is 8.21. The summed E-state index contributed by atoms with van der Waals surface area (Å²) in [6, 6.07) is 3.19. The second kappa shape index (κ2) is 4.27. The molecule has 0 aliphatic heterocycles. The molecule has 0 heterocycles. The summed E-state index contributed by atoms with van der Waals surface area (Å²) < 4.78 is 22.6. The topological polar surface area (TPSA) is 106 Å². The Morgan fingerprint density at radius 1 is 1.44 bits per heavy atom. The van der Waals surface area contributed by atoms with E-state index in [4.69, 9.17) is 0 Å². The molecule has 0 aliphatic rings. The van der Waals surface area contributed by atoms with Gasteiger partial charge in [-0.05, 0) is 6.07 Å². The van der Waals surface area contributed by atoms with Crippen LogP contribution in [0.1, 0.15) is 0 Å². The Kier molecular flexibility index (Phi) is 3.23. The first kappa shape index (κ1) is 12.1. The Morgan fingerprint density at radius 3 is 2.50 bits per heavy atom. The maximum atomic E-state index is 11.3. The number of hydrogen-bond acceptors (Lipinski definition) is 5. The molecule has 0 spiro atoms. The molecule has 1 amide bonds. The molecule has 7 nitrogen and oxygen atoms in total. The fourth-order valence-corrected chi connectivity index (χ4v) is 1.98. The largest absolute Gasteiger partial charge is 0.328 e. The predicted octanol–water partition coefficient (Wildman–Crippen LogP) is 0.567. The van der Waals surface area contributed by atoms with Gasteiger partial charge >= 0.3 is 0 Å². The van der Waals surface area contributed by atoms with E-state index in [-0.39, 0.29) is 16.3 Å². The quantitative estimate of drug-likeness (QED) is 0.473. The normalized spacial score (nSPS) is 10.8. The van der Waals surface area contributed by atoms with E-state index in [1.165, 1.54) is 6.07 Å². The van der Waals surface area contributed by atoms with Gasteiger partial charge in [0.1, 0.15) is 0 Å². The number of carbonyl (C=O) groups excluding carboxylic acids is 1. The number of nitro benzene ring substituents is 1. The van der Waals surface area contributed by atoms with Gasteiger partial charge in [0.2, 0.25) is 6.41 Å². The third-order valence-electron chi connectivity index (χ3n) is 1.79. The van der Waals surface area contributed by atoms with Crippen molar-refractivity contribution in [2.75, 3.05) is 11.6 Å². The molecular weight excluding hydrogens is 236 g/mol. The first-order valence-corrected chi connectivity index (χ1v) is 5.94. The van der Waals surface area contributed by atoms with E-state index in [1.807, 2.05) is 0 Å². The lowest BCUT2D eigenvalue weighted by Gasteiger charge is -2.05. The summed E-state index contributed by atoms with van der Waals surface area (Å²) >= 11 is 0. The number of nitro groups is 1. The highest BCUT2D eigenvalue weighted by atomic mass is 32.2. The highest BCUT2D eigenvalue weighted by Crippen LogP contribution is 2.25. The zero-order valence-corrected chi connectivity index (χ0v) is 9.02. The highest BCUT2D eigenvalue weighted by molar-refractivity contribution is 7.90. The number of hydrogen-bond donors (Lipinski definition) is 1. The summed E-state index contributed by atoms with van der Waals surface area (Å²) in [4.78, 5) is 19.7. The van der Waals surface area contributed by atoms with Crippen LogP contribution < -0.4 is 5.32 Å². The zero-order chi connectivity index (χ0) is 12.3. The molecule has 0 bridgehead atoms. The van der Waals surface area contributed by atoms with Gasteiger partial charge in [-0.15, -0.1) is 0 Å². The minimum absolute atomic E-state index is 0.0168. The van der Waals surface area contributed by atoms with Gasteiger partial charge < -0.3 is 5.32 Å². The van der Waals surface area contributed by atoms with Crippen molar-refractivity contribution in [3.05, 3.63) is 28.3 Å². The maximum Gasteiger partial charge on any atom is 0.270 e. The lowest BCUT2D eigenvalue weighted by molar-refractivity contribution is -0.385. The first-order valence-electron chi connectivity index (χ1n) is 4.05. The monoisotopic (exact) mass is 244 g/mol. The first-order chi connectivity index (χ1) is 7.36. The molecule has 1 rings (SSSR count). The third kappa shape index (κ3) is 2.54. The summed E-state index contributed by atoms with van der Waals surface area (Å²) in [5.74, 6) is 0. The number of anilines is 1. The smallest absolute Gasteiger partial charge is 0.270 e. The van der Waals surface area contributed by atoms with Crippen molar-refractivity contribution in [2.45, 2.75) is 4.90 Å². The summed E-state index contributed by atoms with van der Waals surface area (Å²) in [5, 5.41) is 12.6. The molecule has 0 fully saturated rings. The van der Waals surface area contributed by atoms with Gasteiger partial charge in [0.25, 0.3) is 5.69 Å². The Morgan fingerprint density at radius 2 is 2.06 bits per heavy atom. The number of amides is 1. The number of nitrogens with zero attached hydrogens (tertiary/aromatic N) is 1. The van der Waals surface area contributed by atoms with E-state index in [2.05, 4.69) is 5.32 Å². The van der Waals surface area contributed by atoms with Crippen LogP contribution in [0.25, 0.3) is 0 Å². The van der Waals surface area contributed by atoms with Crippen LogP contribution >= 0.6 is 0 Å². The van der Waals surface area contributed by atoms with Crippen molar-refractivity contribution in [1.82, 2.24) is 0 Å². The van der Waals surface area contributed by atoms with Crippen LogP contribution in [0.2, 0.25) is 0 Å². The molecular formula is C8H8N2O5S. The Bertz CT molecular complexity index is 537. The number of non-ortho nitro benzene ring substituents is 1. The van der Waals surface area contributed by atoms with Gasteiger partial charge in [0.15, 0.2) is 9.84 Å². The fourth-order valence-electron chi connectivity index (χ4n) is 1.11. The maximum absolute atomic E-state index is 11.3. The van der Waals surface area contributed by atoms with Gasteiger partial charge in [-0.1, -0.05) is 0 Å². The summed E-state index contributed by atoms with van der Waals surface area (Å²) in [6.45, 7) is 0. The van der Waals surface area contributed by atoms with Crippen LogP contribution in [0, 0.1) is 10.1 Å². The van der Waals surface area contributed by atoms with Gasteiger partial charge in [-0.3, -0.25) is 14.9 Å². The van der Waals surface area contributed by atoms with Crippen molar-refractivity contribution in [3.63, 3.8) is 0 Å². The fraction of sp³-hybridized carbons (Fsp3) is 0.125. The van der Waals surface area contributed by atoms with Crippen LogP contribution in [0.4, 0.5) is 11.4 Å². The van der Waals surface area contributed by atoms with Crippen molar-refractivity contribution in [1.29, 1.82) is 0 Å². The number of rotatable bonds is 4. The molecule has 0 unspecified atom stereocenters. The minimum Gasteiger partial charge on any atom is -0.328 e. The van der Waals surface area contributed by atoms with Gasteiger partial charge in [-0.25, -0.2) is 8.42 Å². The number of benzene rings is 1. The molecule has 0 atom stereocenters. The molecule has 0 saturated carbocycles. The Hall–Kier alpha value is -1.96. The lowest BCUT2D eigenvalue weighted by atomic mass is 10.3. The van der Waals surface area contributed by atoms with E-state index in [0.717, 1.165) is 18.4 Å². The van der Waals surface area contributed by atoms with E-state index in [0.29, 0.717) is 6.41 Å². The summed E-state index contributed by atoms with van der Waals surface area (Å²) in [6.07, 6.45) is 1.21. The van der Waals surface area contributed by atoms with Crippen LogP contribution in [0.15, 0.2) is 23.1 Å². The van der Waals surface area contributed by atoms with Gasteiger partial charge in [-0.2, -0.15) is 0 Å². The van der Waals surface area contributed by atoms with Crippen LogP contribution in [-0.4, -0.2) is 26.0 Å². The lowest BCUT2D eigenvalue weighted by Crippen LogP contribution is -2.05. The van der Waals surface area contributed by atoms with E-state index in [1.54, 1.807) is 0 Å². The molecule has 1 aromatic carbocycles. The number of carbonyl (C=O) groups is 1. The van der Waals surface area contributed by atoms with E-state index in [9.17, 15) is 23.3 Å². The van der Waals surface area contributed by atoms with E-state index < -0.39 is 14.8 Å². The molecule has 0 aliphatic carbocycles.